The second-order valence-electron chi connectivity index (χ2n) is 7.73. The van der Waals surface area contributed by atoms with E-state index in [4.69, 9.17) is 22.2 Å². The van der Waals surface area contributed by atoms with E-state index in [0.717, 1.165) is 4.90 Å². The maximum atomic E-state index is 13.0. The Hall–Kier alpha value is -4.24. The molecule has 0 radical (unpaired) electrons. The number of rotatable bonds is 8. The summed E-state index contributed by atoms with van der Waals surface area (Å²) in [4.78, 5) is 61.8. The number of nitrogens with two attached hydrogens (primary N) is 1. The topological polar surface area (TPSA) is 203 Å². The number of non-ortho nitro benzene ring substituents is 1. The summed E-state index contributed by atoms with van der Waals surface area (Å²) in [6.07, 6.45) is 1.54. The van der Waals surface area contributed by atoms with E-state index in [1.807, 2.05) is 0 Å². The van der Waals surface area contributed by atoms with Gasteiger partial charge < -0.3 is 21.0 Å². The fraction of sp³-hybridized carbons (Fsp3) is 0.238. The number of amides is 2. The van der Waals surface area contributed by atoms with Crippen LogP contribution in [0.1, 0.15) is 11.4 Å². The van der Waals surface area contributed by atoms with Crippen molar-refractivity contribution in [1.29, 1.82) is 0 Å². The van der Waals surface area contributed by atoms with Crippen LogP contribution in [-0.4, -0.2) is 72.2 Å². The van der Waals surface area contributed by atoms with Gasteiger partial charge in [-0.2, -0.15) is 0 Å². The average molecular weight is 548 g/mol. The van der Waals surface area contributed by atoms with Crippen LogP contribution in [0.5, 0.6) is 0 Å². The van der Waals surface area contributed by atoms with E-state index in [0.29, 0.717) is 5.56 Å². The molecule has 0 aliphatic carbocycles. The van der Waals surface area contributed by atoms with E-state index in [1.54, 1.807) is 12.1 Å². The highest BCUT2D eigenvalue weighted by atomic mass is 35.5. The Morgan fingerprint density at radius 3 is 2.65 bits per heavy atom. The van der Waals surface area contributed by atoms with Crippen molar-refractivity contribution in [3.63, 3.8) is 0 Å². The van der Waals surface area contributed by atoms with Crippen LogP contribution >= 0.6 is 23.4 Å². The molecule has 0 bridgehead atoms. The van der Waals surface area contributed by atoms with Crippen LogP contribution in [0, 0.1) is 10.1 Å². The summed E-state index contributed by atoms with van der Waals surface area (Å²) in [5.74, 6) is -2.98. The highest BCUT2D eigenvalue weighted by molar-refractivity contribution is 8.01. The van der Waals surface area contributed by atoms with E-state index in [-0.39, 0.29) is 34.5 Å². The molecule has 192 valence electrons. The number of carbonyl (C=O) groups excluding carboxylic acids is 2. The molecular formula is C21H18ClN7O7S. The summed E-state index contributed by atoms with van der Waals surface area (Å²) in [5, 5.41) is 25.4. The number of benzene rings is 1. The summed E-state index contributed by atoms with van der Waals surface area (Å²) >= 11 is 7.57. The second-order valence-corrected chi connectivity index (χ2v) is 9.46. The molecule has 14 nitrogen and oxygen atoms in total. The lowest BCUT2D eigenvalue weighted by Gasteiger charge is -2.50. The fourth-order valence-corrected chi connectivity index (χ4v) is 5.68. The molecule has 0 saturated carbocycles. The molecule has 0 spiro atoms. The van der Waals surface area contributed by atoms with Crippen LogP contribution in [0.15, 0.2) is 52.4 Å². The molecule has 1 aromatic carbocycles. The number of carboxylic acids is 1. The minimum atomic E-state index is -1.41. The summed E-state index contributed by atoms with van der Waals surface area (Å²) in [7, 11) is 1.21. The summed E-state index contributed by atoms with van der Waals surface area (Å²) in [6.45, 7) is 0. The molecule has 1 aromatic heterocycles. The number of halogens is 1. The van der Waals surface area contributed by atoms with E-state index >= 15 is 0 Å². The number of nitro groups is 1. The van der Waals surface area contributed by atoms with E-state index in [1.165, 1.54) is 43.3 Å². The number of nitrogens with zero attached hydrogens (tertiary/aromatic N) is 5. The Kier molecular flexibility index (Phi) is 7.26. The summed E-state index contributed by atoms with van der Waals surface area (Å²) in [6, 6.07) is 6.04. The third-order valence-corrected chi connectivity index (χ3v) is 7.51. The quantitative estimate of drug-likeness (QED) is 0.183. The van der Waals surface area contributed by atoms with E-state index < -0.39 is 45.1 Å². The molecule has 2 amide bonds. The molecule has 4 rings (SSSR count). The number of β-lactam (4-membered cyclic amide) rings is 1. The Bertz CT molecular complexity index is 1350. The van der Waals surface area contributed by atoms with Gasteiger partial charge in [0.1, 0.15) is 30.0 Å². The second kappa shape index (κ2) is 10.4. The minimum Gasteiger partial charge on any atom is -0.477 e. The van der Waals surface area contributed by atoms with Crippen LogP contribution in [-0.2, 0) is 25.6 Å². The third-order valence-electron chi connectivity index (χ3n) is 5.44. The number of aliphatic carboxylic acids is 1. The van der Waals surface area contributed by atoms with Crippen molar-refractivity contribution in [2.24, 2.45) is 5.16 Å². The molecule has 3 atom stereocenters. The largest absolute Gasteiger partial charge is 0.477 e. The number of carbonyl (C=O) groups is 3. The number of nitrogens with one attached hydrogen (secondary N) is 1. The van der Waals surface area contributed by atoms with Gasteiger partial charge in [-0.3, -0.25) is 24.6 Å². The average Bonchev–Trinajstić information content (AvgIpc) is 2.86. The van der Waals surface area contributed by atoms with Crippen LogP contribution in [0.2, 0.25) is 0 Å². The Morgan fingerprint density at radius 2 is 2.05 bits per heavy atom. The molecule has 4 N–H and O–H groups in total. The molecule has 2 aliphatic heterocycles. The van der Waals surface area contributed by atoms with Crippen LogP contribution in [0.25, 0.3) is 0 Å². The molecule has 3 heterocycles. The van der Waals surface area contributed by atoms with E-state index in [9.17, 15) is 29.6 Å². The standard InChI is InChI=1S/C21H18ClN7O7S/c1-36-27-14(17-24-7-6-12(23)25-17)18(30)26-15-19(31)28-16(21(32)33)13(22)11(37-20(15)28)8-9-2-4-10(5-3-9)29(34)35/h2-7,11,15,20H,8H2,1H3,(H,26,30)(H,32,33)(H2,23,24,25)/t11?,15?,20-/m1/s1. The predicted molar refractivity (Wildman–Crippen MR) is 131 cm³/mol. The molecule has 2 unspecified atom stereocenters. The van der Waals surface area contributed by atoms with E-state index in [2.05, 4.69) is 20.4 Å². The summed E-state index contributed by atoms with van der Waals surface area (Å²) < 4.78 is 0. The van der Waals surface area contributed by atoms with Crippen molar-refractivity contribution in [3.05, 3.63) is 68.8 Å². The predicted octanol–water partition coefficient (Wildman–Crippen LogP) is 0.864. The first-order valence-corrected chi connectivity index (χ1v) is 11.8. The lowest BCUT2D eigenvalue weighted by molar-refractivity contribution is -0.384. The van der Waals surface area contributed by atoms with Gasteiger partial charge in [-0.1, -0.05) is 28.9 Å². The number of hydrogen-bond donors (Lipinski definition) is 3. The summed E-state index contributed by atoms with van der Waals surface area (Å²) in [5.41, 5.74) is 5.49. The molecule has 1 saturated heterocycles. The van der Waals surface area contributed by atoms with Gasteiger partial charge >= 0.3 is 5.97 Å². The SMILES string of the molecule is CON=C(C(=O)NC1C(=O)N2C(C(=O)O)=C(Cl)C(Cc3ccc([N+](=O)[O-])cc3)S[C@H]12)c1nccc(N)n1. The zero-order chi connectivity index (χ0) is 26.9. The smallest absolute Gasteiger partial charge is 0.353 e. The number of nitro benzene ring substituents is 1. The highest BCUT2D eigenvalue weighted by Crippen LogP contribution is 2.46. The third kappa shape index (κ3) is 5.03. The number of aromatic nitrogens is 2. The zero-order valence-electron chi connectivity index (χ0n) is 18.9. The van der Waals surface area contributed by atoms with Gasteiger partial charge in [-0.05, 0) is 18.1 Å². The number of fused-ring (bicyclic) bond motifs is 1. The van der Waals surface area contributed by atoms with Crippen molar-refractivity contribution in [2.45, 2.75) is 23.1 Å². The first-order chi connectivity index (χ1) is 17.6. The van der Waals surface area contributed by atoms with Crippen molar-refractivity contribution in [3.8, 4) is 0 Å². The number of nitrogen functional groups attached to an aromatic ring is 1. The monoisotopic (exact) mass is 547 g/mol. The number of anilines is 1. The first-order valence-electron chi connectivity index (χ1n) is 10.5. The van der Waals surface area contributed by atoms with Gasteiger partial charge in [-0.15, -0.1) is 11.8 Å². The number of hydrogen-bond acceptors (Lipinski definition) is 11. The molecule has 2 aliphatic rings. The fourth-order valence-electron chi connectivity index (χ4n) is 3.75. The minimum absolute atomic E-state index is 0.0555. The lowest BCUT2D eigenvalue weighted by Crippen LogP contribution is -2.71. The van der Waals surface area contributed by atoms with Crippen molar-refractivity contribution in [2.75, 3.05) is 12.8 Å². The van der Waals surface area contributed by atoms with Gasteiger partial charge in [0, 0.05) is 23.6 Å². The number of oxime groups is 1. The highest BCUT2D eigenvalue weighted by Gasteiger charge is 2.56. The van der Waals surface area contributed by atoms with Gasteiger partial charge in [0.15, 0.2) is 5.82 Å². The van der Waals surface area contributed by atoms with Crippen LogP contribution < -0.4 is 11.1 Å². The lowest BCUT2D eigenvalue weighted by atomic mass is 10.0. The number of thioether (sulfide) groups is 1. The molecule has 37 heavy (non-hydrogen) atoms. The van der Waals surface area contributed by atoms with Gasteiger partial charge in [0.2, 0.25) is 5.71 Å². The normalized spacial score (nSPS) is 21.1. The Labute approximate surface area is 217 Å². The zero-order valence-corrected chi connectivity index (χ0v) is 20.5. The molecule has 1 fully saturated rings. The van der Waals surface area contributed by atoms with Crippen LogP contribution in [0.4, 0.5) is 11.5 Å². The molecule has 2 aromatic rings. The van der Waals surface area contributed by atoms with Gasteiger partial charge in [0.25, 0.3) is 17.5 Å². The van der Waals surface area contributed by atoms with Crippen molar-refractivity contribution >= 4 is 58.4 Å². The maximum absolute atomic E-state index is 13.0. The molecular weight excluding hydrogens is 530 g/mol. The van der Waals surface area contributed by atoms with Crippen LogP contribution in [0.3, 0.4) is 0 Å². The Morgan fingerprint density at radius 1 is 1.35 bits per heavy atom. The first kappa shape index (κ1) is 25.8. The molecule has 16 heteroatoms. The van der Waals surface area contributed by atoms with Crippen molar-refractivity contribution < 1.29 is 29.3 Å². The van der Waals surface area contributed by atoms with Crippen molar-refractivity contribution in [1.82, 2.24) is 20.2 Å². The number of carboxylic acid groups (broad SMARTS) is 1. The maximum Gasteiger partial charge on any atom is 0.353 e. The van der Waals surface area contributed by atoms with Gasteiger partial charge in [0.05, 0.1) is 9.96 Å². The van der Waals surface area contributed by atoms with Gasteiger partial charge in [-0.25, -0.2) is 14.8 Å². The Balaban J connectivity index is 1.57.